The van der Waals surface area contributed by atoms with Gasteiger partial charge in [-0.15, -0.1) is 0 Å². The first kappa shape index (κ1) is 17.5. The summed E-state index contributed by atoms with van der Waals surface area (Å²) >= 11 is 0. The van der Waals surface area contributed by atoms with E-state index in [0.29, 0.717) is 12.5 Å². The molecule has 1 aromatic rings. The first-order valence-electron chi connectivity index (χ1n) is 6.26. The molecular formula is C13H17F2NO4S. The van der Waals surface area contributed by atoms with Crippen molar-refractivity contribution in [1.82, 2.24) is 4.31 Å². The van der Waals surface area contributed by atoms with E-state index in [1.165, 1.54) is 7.05 Å². The molecule has 1 rings (SSSR count). The Kier molecular flexibility index (Phi) is 5.41. The maximum Gasteiger partial charge on any atom is 0.341 e. The van der Waals surface area contributed by atoms with Crippen molar-refractivity contribution in [2.45, 2.75) is 25.2 Å². The van der Waals surface area contributed by atoms with Gasteiger partial charge in [0.2, 0.25) is 10.0 Å². The number of halogens is 2. The second-order valence-electron chi connectivity index (χ2n) is 5.05. The van der Waals surface area contributed by atoms with Crippen LogP contribution in [0.3, 0.4) is 0 Å². The minimum Gasteiger partial charge on any atom is -0.477 e. The molecule has 0 unspecified atom stereocenters. The van der Waals surface area contributed by atoms with Crippen molar-refractivity contribution < 1.29 is 27.1 Å². The molecule has 0 aliphatic carbocycles. The molecule has 0 spiro atoms. The highest BCUT2D eigenvalue weighted by atomic mass is 32.2. The molecule has 0 aliphatic rings. The maximum absolute atomic E-state index is 14.0. The second kappa shape index (κ2) is 6.48. The van der Waals surface area contributed by atoms with Gasteiger partial charge in [0.05, 0.1) is 0 Å². The molecule has 0 fully saturated rings. The molecule has 0 bridgehead atoms. The predicted molar refractivity (Wildman–Crippen MR) is 72.6 cm³/mol. The lowest BCUT2D eigenvalue weighted by Gasteiger charge is -2.19. The molecule has 1 N–H and O–H groups in total. The number of carboxylic acids is 1. The second-order valence-corrected chi connectivity index (χ2v) is 7.06. The number of hydrogen-bond donors (Lipinski definition) is 1. The lowest BCUT2D eigenvalue weighted by atomic mass is 10.1. The number of aromatic carboxylic acids is 1. The summed E-state index contributed by atoms with van der Waals surface area (Å²) in [6.07, 6.45) is 0.560. The molecule has 5 nitrogen and oxygen atoms in total. The molecule has 0 atom stereocenters. The SMILES string of the molecule is CC(C)CCN(C)S(=O)(=O)c1ccc(F)c(C(=O)O)c1F. The largest absolute Gasteiger partial charge is 0.477 e. The topological polar surface area (TPSA) is 74.7 Å². The summed E-state index contributed by atoms with van der Waals surface area (Å²) in [6, 6.07) is 1.37. The van der Waals surface area contributed by atoms with Crippen LogP contribution < -0.4 is 0 Å². The Morgan fingerprint density at radius 2 is 1.90 bits per heavy atom. The average Bonchev–Trinajstić information content (AvgIpc) is 2.34. The van der Waals surface area contributed by atoms with Gasteiger partial charge in [0.1, 0.15) is 16.3 Å². The van der Waals surface area contributed by atoms with Crippen LogP contribution in [0, 0.1) is 17.6 Å². The lowest BCUT2D eigenvalue weighted by molar-refractivity contribution is 0.0685. The van der Waals surface area contributed by atoms with Crippen LogP contribution in [0.2, 0.25) is 0 Å². The highest BCUT2D eigenvalue weighted by Gasteiger charge is 2.29. The molecule has 118 valence electrons. The minimum atomic E-state index is -4.21. The molecular weight excluding hydrogens is 304 g/mol. The Labute approximate surface area is 122 Å². The molecule has 1 aromatic carbocycles. The molecule has 8 heteroatoms. The van der Waals surface area contributed by atoms with Crippen LogP contribution in [0.25, 0.3) is 0 Å². The van der Waals surface area contributed by atoms with E-state index >= 15 is 0 Å². The van der Waals surface area contributed by atoms with Crippen molar-refractivity contribution in [3.8, 4) is 0 Å². The van der Waals surface area contributed by atoms with Crippen LogP contribution in [-0.4, -0.2) is 37.4 Å². The van der Waals surface area contributed by atoms with Crippen LogP contribution in [0.15, 0.2) is 17.0 Å². The van der Waals surface area contributed by atoms with Gasteiger partial charge in [-0.3, -0.25) is 0 Å². The van der Waals surface area contributed by atoms with Crippen molar-refractivity contribution in [2.75, 3.05) is 13.6 Å². The van der Waals surface area contributed by atoms with Crippen LogP contribution in [0.1, 0.15) is 30.6 Å². The average molecular weight is 321 g/mol. The Bertz CT molecular complexity index is 644. The van der Waals surface area contributed by atoms with Crippen molar-refractivity contribution in [1.29, 1.82) is 0 Å². The summed E-state index contributed by atoms with van der Waals surface area (Å²) in [6.45, 7) is 3.96. The van der Waals surface area contributed by atoms with E-state index in [1.807, 2.05) is 13.8 Å². The number of sulfonamides is 1. The van der Waals surface area contributed by atoms with E-state index in [1.54, 1.807) is 0 Å². The van der Waals surface area contributed by atoms with Gasteiger partial charge in [-0.2, -0.15) is 0 Å². The third-order valence-corrected chi connectivity index (χ3v) is 4.85. The van der Waals surface area contributed by atoms with E-state index in [9.17, 15) is 22.0 Å². The quantitative estimate of drug-likeness (QED) is 0.872. The highest BCUT2D eigenvalue weighted by Crippen LogP contribution is 2.24. The number of carboxylic acid groups (broad SMARTS) is 1. The molecule has 0 heterocycles. The number of carbonyl (C=O) groups is 1. The fourth-order valence-electron chi connectivity index (χ4n) is 1.66. The van der Waals surface area contributed by atoms with Crippen molar-refractivity contribution >= 4 is 16.0 Å². The van der Waals surface area contributed by atoms with Crippen LogP contribution in [-0.2, 0) is 10.0 Å². The maximum atomic E-state index is 14.0. The Morgan fingerprint density at radius 3 is 2.38 bits per heavy atom. The van der Waals surface area contributed by atoms with Crippen molar-refractivity contribution in [2.24, 2.45) is 5.92 Å². The summed E-state index contributed by atoms with van der Waals surface area (Å²) in [5.74, 6) is -4.51. The van der Waals surface area contributed by atoms with Gasteiger partial charge in [0, 0.05) is 13.6 Å². The monoisotopic (exact) mass is 321 g/mol. The molecule has 0 saturated carbocycles. The Morgan fingerprint density at radius 1 is 1.33 bits per heavy atom. The lowest BCUT2D eigenvalue weighted by Crippen LogP contribution is -2.30. The minimum absolute atomic E-state index is 0.152. The van der Waals surface area contributed by atoms with Crippen molar-refractivity contribution in [3.63, 3.8) is 0 Å². The summed E-state index contributed by atoms with van der Waals surface area (Å²) < 4.78 is 52.7. The van der Waals surface area contributed by atoms with Gasteiger partial charge in [0.15, 0.2) is 5.82 Å². The summed E-state index contributed by atoms with van der Waals surface area (Å²) in [4.78, 5) is 9.98. The van der Waals surface area contributed by atoms with Gasteiger partial charge in [-0.25, -0.2) is 26.3 Å². The van der Waals surface area contributed by atoms with Gasteiger partial charge in [-0.05, 0) is 24.5 Å². The molecule has 0 amide bonds. The van der Waals surface area contributed by atoms with E-state index in [0.717, 1.165) is 10.4 Å². The molecule has 0 saturated heterocycles. The predicted octanol–water partition coefficient (Wildman–Crippen LogP) is 2.33. The number of rotatable bonds is 6. The Hall–Kier alpha value is -1.54. The van der Waals surface area contributed by atoms with E-state index in [2.05, 4.69) is 0 Å². The first-order chi connectivity index (χ1) is 9.59. The Balaban J connectivity index is 3.27. The zero-order valence-corrected chi connectivity index (χ0v) is 12.7. The molecule has 0 aromatic heterocycles. The van der Waals surface area contributed by atoms with Crippen LogP contribution >= 0.6 is 0 Å². The van der Waals surface area contributed by atoms with E-state index in [-0.39, 0.29) is 12.5 Å². The zero-order valence-electron chi connectivity index (χ0n) is 11.9. The smallest absolute Gasteiger partial charge is 0.341 e. The fourth-order valence-corrected chi connectivity index (χ4v) is 2.91. The van der Waals surface area contributed by atoms with E-state index < -0.39 is 38.1 Å². The van der Waals surface area contributed by atoms with Gasteiger partial charge in [-0.1, -0.05) is 13.8 Å². The van der Waals surface area contributed by atoms with Gasteiger partial charge < -0.3 is 5.11 Å². The van der Waals surface area contributed by atoms with Crippen LogP contribution in [0.4, 0.5) is 8.78 Å². The van der Waals surface area contributed by atoms with Crippen LogP contribution in [0.5, 0.6) is 0 Å². The molecule has 21 heavy (non-hydrogen) atoms. The summed E-state index contributed by atoms with van der Waals surface area (Å²) in [5, 5.41) is 8.76. The molecule has 0 aliphatic heterocycles. The highest BCUT2D eigenvalue weighted by molar-refractivity contribution is 7.89. The summed E-state index contributed by atoms with van der Waals surface area (Å²) in [7, 11) is -2.94. The zero-order chi connectivity index (χ0) is 16.4. The standard InChI is InChI=1S/C13H17F2NO4S/c1-8(2)6-7-16(3)21(19,20)10-5-4-9(14)11(12(10)15)13(17)18/h4-5,8H,6-7H2,1-3H3,(H,17,18). The normalized spacial score (nSPS) is 12.1. The third-order valence-electron chi connectivity index (χ3n) is 2.98. The third kappa shape index (κ3) is 3.76. The fraction of sp³-hybridized carbons (Fsp3) is 0.462. The number of benzene rings is 1. The van der Waals surface area contributed by atoms with E-state index in [4.69, 9.17) is 5.11 Å². The molecule has 0 radical (unpaired) electrons. The summed E-state index contributed by atoms with van der Waals surface area (Å²) in [5.41, 5.74) is -1.27. The van der Waals surface area contributed by atoms with Gasteiger partial charge in [0.25, 0.3) is 0 Å². The first-order valence-corrected chi connectivity index (χ1v) is 7.70. The van der Waals surface area contributed by atoms with Gasteiger partial charge >= 0.3 is 5.97 Å². The number of nitrogens with zero attached hydrogens (tertiary/aromatic N) is 1. The number of hydrogen-bond acceptors (Lipinski definition) is 3. The van der Waals surface area contributed by atoms with Crippen molar-refractivity contribution in [3.05, 3.63) is 29.3 Å².